The Labute approximate surface area is 203 Å². The molecular weight excluding hydrogens is 480 g/mol. The van der Waals surface area contributed by atoms with Gasteiger partial charge in [0.1, 0.15) is 17.8 Å². The molecule has 2 aliphatic heterocycles. The van der Waals surface area contributed by atoms with Gasteiger partial charge in [-0.3, -0.25) is 14.4 Å². The summed E-state index contributed by atoms with van der Waals surface area (Å²) in [6.45, 7) is 0. The molecule has 4 rings (SSSR count). The Bertz CT molecular complexity index is 1050. The number of aromatic hydroxyl groups is 1. The first-order chi connectivity index (χ1) is 16.2. The van der Waals surface area contributed by atoms with Crippen LogP contribution < -0.4 is 21.7 Å². The third kappa shape index (κ3) is 7.14. The number of aliphatic carboxylic acids is 1. The first-order valence-electron chi connectivity index (χ1n) is 10.3. The number of anilines is 1. The molecule has 2 aromatic carbocycles. The van der Waals surface area contributed by atoms with Crippen LogP contribution in [0.25, 0.3) is 0 Å². The summed E-state index contributed by atoms with van der Waals surface area (Å²) in [5.74, 6) is -2.38. The summed E-state index contributed by atoms with van der Waals surface area (Å²) in [5.41, 5.74) is 7.45. The van der Waals surface area contributed by atoms with Crippen LogP contribution in [0.1, 0.15) is 15.9 Å². The summed E-state index contributed by atoms with van der Waals surface area (Å²) in [5, 5.41) is 26.6. The van der Waals surface area contributed by atoms with E-state index in [2.05, 4.69) is 16.0 Å². The Balaban J connectivity index is 1.72. The minimum atomic E-state index is -1.17. The van der Waals surface area contributed by atoms with Crippen LogP contribution in [0.2, 0.25) is 0 Å². The molecule has 3 atom stereocenters. The SMILES string of the molecule is N[C@@H](Cc1ccc(O)cc1)C(=O)N[C@H]1CSSC[C@@H](C(=O)O)NC(=O)c2ccc(cc2)NC1=O. The highest BCUT2D eigenvalue weighted by molar-refractivity contribution is 8.76. The number of phenols is 1. The zero-order valence-corrected chi connectivity index (χ0v) is 19.5. The molecule has 0 saturated carbocycles. The van der Waals surface area contributed by atoms with Crippen LogP contribution in [0.3, 0.4) is 0 Å². The van der Waals surface area contributed by atoms with Gasteiger partial charge in [0.15, 0.2) is 0 Å². The number of amides is 3. The van der Waals surface area contributed by atoms with E-state index in [-0.39, 0.29) is 29.2 Å². The van der Waals surface area contributed by atoms with Gasteiger partial charge in [-0.1, -0.05) is 33.7 Å². The fourth-order valence-corrected chi connectivity index (χ4v) is 5.34. The van der Waals surface area contributed by atoms with E-state index in [9.17, 15) is 29.4 Å². The van der Waals surface area contributed by atoms with Gasteiger partial charge in [0.25, 0.3) is 5.91 Å². The number of hydrogen-bond donors (Lipinski definition) is 6. The van der Waals surface area contributed by atoms with Crippen molar-refractivity contribution in [3.05, 3.63) is 59.7 Å². The molecule has 12 heteroatoms. The highest BCUT2D eigenvalue weighted by Gasteiger charge is 2.26. The Kier molecular flexibility index (Phi) is 8.79. The molecule has 34 heavy (non-hydrogen) atoms. The Morgan fingerprint density at radius 1 is 1.06 bits per heavy atom. The lowest BCUT2D eigenvalue weighted by molar-refractivity contribution is -0.138. The quantitative estimate of drug-likeness (QED) is 0.325. The molecule has 10 nitrogen and oxygen atoms in total. The normalized spacial score (nSPS) is 19.9. The van der Waals surface area contributed by atoms with Crippen LogP contribution in [-0.2, 0) is 20.8 Å². The van der Waals surface area contributed by atoms with Gasteiger partial charge in [-0.05, 0) is 48.4 Å². The molecule has 0 spiro atoms. The van der Waals surface area contributed by atoms with Gasteiger partial charge in [0.2, 0.25) is 11.8 Å². The van der Waals surface area contributed by atoms with Crippen molar-refractivity contribution < 1.29 is 29.4 Å². The molecule has 0 radical (unpaired) electrons. The topological polar surface area (TPSA) is 171 Å². The van der Waals surface area contributed by atoms with Crippen LogP contribution in [-0.4, -0.2) is 63.5 Å². The molecule has 0 aliphatic carbocycles. The molecule has 3 amide bonds. The van der Waals surface area contributed by atoms with E-state index < -0.39 is 41.8 Å². The van der Waals surface area contributed by atoms with E-state index in [0.717, 1.165) is 5.56 Å². The van der Waals surface area contributed by atoms with Crippen molar-refractivity contribution >= 4 is 51.0 Å². The van der Waals surface area contributed by atoms with Crippen LogP contribution in [0.5, 0.6) is 5.75 Å². The highest BCUT2D eigenvalue weighted by Crippen LogP contribution is 2.24. The number of carboxylic acid groups (broad SMARTS) is 1. The number of rotatable bonds is 5. The second-order valence-corrected chi connectivity index (χ2v) is 10.1. The molecule has 2 bridgehead atoms. The summed E-state index contributed by atoms with van der Waals surface area (Å²) >= 11 is 0. The van der Waals surface area contributed by atoms with E-state index >= 15 is 0 Å². The van der Waals surface area contributed by atoms with Crippen molar-refractivity contribution in [1.82, 2.24) is 10.6 Å². The van der Waals surface area contributed by atoms with E-state index in [1.54, 1.807) is 12.1 Å². The zero-order chi connectivity index (χ0) is 24.7. The van der Waals surface area contributed by atoms with Crippen LogP contribution in [0.4, 0.5) is 5.69 Å². The maximum atomic E-state index is 12.9. The number of nitrogens with two attached hydrogens (primary N) is 1. The number of benzene rings is 2. The fraction of sp³-hybridized carbons (Fsp3) is 0.273. The molecule has 0 aromatic heterocycles. The Morgan fingerprint density at radius 2 is 1.71 bits per heavy atom. The van der Waals surface area contributed by atoms with E-state index in [4.69, 9.17) is 5.73 Å². The van der Waals surface area contributed by atoms with Crippen LogP contribution in [0.15, 0.2) is 48.5 Å². The van der Waals surface area contributed by atoms with E-state index in [0.29, 0.717) is 5.69 Å². The van der Waals surface area contributed by atoms with Gasteiger partial charge in [0, 0.05) is 22.8 Å². The van der Waals surface area contributed by atoms with Crippen molar-refractivity contribution in [3.8, 4) is 5.75 Å². The number of hydrogen-bond acceptors (Lipinski definition) is 8. The lowest BCUT2D eigenvalue weighted by Gasteiger charge is -2.21. The second kappa shape index (κ2) is 11.8. The molecule has 0 saturated heterocycles. The molecule has 2 aliphatic rings. The summed E-state index contributed by atoms with van der Waals surface area (Å²) < 4.78 is 0. The predicted octanol–water partition coefficient (Wildman–Crippen LogP) is 0.963. The molecule has 0 fully saturated rings. The summed E-state index contributed by atoms with van der Waals surface area (Å²) in [6, 6.07) is 9.32. The molecule has 0 unspecified atom stereocenters. The van der Waals surface area contributed by atoms with Crippen molar-refractivity contribution in [1.29, 1.82) is 0 Å². The minimum absolute atomic E-state index is 0.0620. The number of carbonyl (C=O) groups is 4. The first-order valence-corrected chi connectivity index (χ1v) is 12.7. The third-order valence-electron chi connectivity index (χ3n) is 4.93. The zero-order valence-electron chi connectivity index (χ0n) is 17.9. The molecule has 2 aromatic rings. The van der Waals surface area contributed by atoms with E-state index in [1.807, 2.05) is 0 Å². The molecule has 7 N–H and O–H groups in total. The lowest BCUT2D eigenvalue weighted by Crippen LogP contribution is -2.51. The number of phenolic OH excluding ortho intramolecular Hbond substituents is 1. The van der Waals surface area contributed by atoms with Gasteiger partial charge in [0.05, 0.1) is 6.04 Å². The van der Waals surface area contributed by atoms with Crippen LogP contribution in [0, 0.1) is 0 Å². The minimum Gasteiger partial charge on any atom is -0.508 e. The number of fused-ring (bicyclic) bond motifs is 11. The van der Waals surface area contributed by atoms with Crippen molar-refractivity contribution in [2.75, 3.05) is 16.8 Å². The number of nitrogens with one attached hydrogen (secondary N) is 3. The van der Waals surface area contributed by atoms with Gasteiger partial charge in [-0.2, -0.15) is 0 Å². The summed E-state index contributed by atoms with van der Waals surface area (Å²) in [4.78, 5) is 49.4. The molecule has 180 valence electrons. The molecule has 2 heterocycles. The number of carboxylic acids is 1. The predicted molar refractivity (Wildman–Crippen MR) is 131 cm³/mol. The Hall–Kier alpha value is -3.22. The second-order valence-electron chi connectivity index (χ2n) is 7.54. The fourth-order valence-electron chi connectivity index (χ4n) is 3.02. The van der Waals surface area contributed by atoms with Gasteiger partial charge in [-0.15, -0.1) is 0 Å². The van der Waals surface area contributed by atoms with E-state index in [1.165, 1.54) is 58.0 Å². The molecular formula is C22H24N4O6S2. The summed E-state index contributed by atoms with van der Waals surface area (Å²) in [7, 11) is 2.37. The standard InChI is InChI=1S/C22H24N4O6S2/c23-16(9-12-1-7-15(27)8-2-12)20(29)25-17-10-33-34-11-18(22(31)32)26-19(28)13-3-5-14(6-4-13)24-21(17)30/h1-8,16-18,27H,9-11,23H2,(H,24,30)(H,25,29)(H,26,28)(H,31,32)/t16-,17-,18-/m0/s1. The van der Waals surface area contributed by atoms with Crippen LogP contribution >= 0.6 is 21.6 Å². The van der Waals surface area contributed by atoms with Crippen molar-refractivity contribution in [2.45, 2.75) is 24.5 Å². The maximum absolute atomic E-state index is 12.9. The lowest BCUT2D eigenvalue weighted by atomic mass is 10.1. The Morgan fingerprint density at radius 3 is 2.35 bits per heavy atom. The first kappa shape index (κ1) is 25.4. The van der Waals surface area contributed by atoms with Gasteiger partial charge in [-0.25, -0.2) is 4.79 Å². The number of carbonyl (C=O) groups excluding carboxylic acids is 3. The largest absolute Gasteiger partial charge is 0.508 e. The van der Waals surface area contributed by atoms with Crippen molar-refractivity contribution in [3.63, 3.8) is 0 Å². The average Bonchev–Trinajstić information content (AvgIpc) is 2.81. The highest BCUT2D eigenvalue weighted by atomic mass is 33.1. The van der Waals surface area contributed by atoms with Crippen molar-refractivity contribution in [2.24, 2.45) is 5.73 Å². The monoisotopic (exact) mass is 504 g/mol. The van der Waals surface area contributed by atoms with Gasteiger partial charge >= 0.3 is 5.97 Å². The average molecular weight is 505 g/mol. The summed E-state index contributed by atoms with van der Waals surface area (Å²) in [6.07, 6.45) is 0.212. The third-order valence-corrected chi connectivity index (χ3v) is 7.35. The van der Waals surface area contributed by atoms with Gasteiger partial charge < -0.3 is 31.9 Å². The maximum Gasteiger partial charge on any atom is 0.327 e. The smallest absolute Gasteiger partial charge is 0.327 e.